The Morgan fingerprint density at radius 3 is 1.33 bits per heavy atom. The number of hydrogen-bond acceptors (Lipinski definition) is 2. The molecule has 0 unspecified atom stereocenters. The number of carboxylic acid groups (broad SMARTS) is 1. The zero-order chi connectivity index (χ0) is 26.7. The molecule has 0 saturated carbocycles. The van der Waals surface area contributed by atoms with Gasteiger partial charge in [0.2, 0.25) is 0 Å². The van der Waals surface area contributed by atoms with Gasteiger partial charge >= 0.3 is 5.97 Å². The number of phenols is 1. The van der Waals surface area contributed by atoms with Crippen LogP contribution in [0.5, 0.6) is 5.75 Å². The molecule has 0 bridgehead atoms. The van der Waals surface area contributed by atoms with Crippen molar-refractivity contribution in [2.75, 3.05) is 0 Å². The second-order valence-electron chi connectivity index (χ2n) is 12.0. The van der Waals surface area contributed by atoms with Crippen LogP contribution in [0.25, 0.3) is 0 Å². The predicted octanol–water partition coefficient (Wildman–Crippen LogP) is 10.8. The summed E-state index contributed by atoms with van der Waals surface area (Å²) < 4.78 is 0. The minimum Gasteiger partial charge on any atom is -0.508 e. The van der Waals surface area contributed by atoms with Gasteiger partial charge in [-0.15, -0.1) is 0 Å². The molecule has 0 aliphatic carbocycles. The Hall–Kier alpha value is -1.51. The molecule has 1 aromatic rings. The Balaban J connectivity index is 2.00. The van der Waals surface area contributed by atoms with E-state index in [0.29, 0.717) is 11.1 Å². The minimum absolute atomic E-state index is 0.218. The number of carboxylic acids is 1. The van der Waals surface area contributed by atoms with E-state index in [1.54, 1.807) is 12.1 Å². The Kier molecular flexibility index (Phi) is 17.7. The summed E-state index contributed by atoms with van der Waals surface area (Å²) in [5, 5.41) is 20.0. The standard InChI is InChI=1S/C33H58O3/c1-5-6-7-8-9-10-11-12-13-14-15-16-17-18-19-20-21-22-23-24-25-28-26-31(34)30(33(2,3)4)27-29(28)32(35)36/h26-27,34H,5-25H2,1-4H3,(H,35,36). The smallest absolute Gasteiger partial charge is 0.335 e. The lowest BCUT2D eigenvalue weighted by Gasteiger charge is -2.22. The monoisotopic (exact) mass is 502 g/mol. The first kappa shape index (κ1) is 32.5. The number of benzene rings is 1. The first-order valence-electron chi connectivity index (χ1n) is 15.4. The van der Waals surface area contributed by atoms with Gasteiger partial charge in [-0.3, -0.25) is 0 Å². The average molecular weight is 503 g/mol. The van der Waals surface area contributed by atoms with E-state index in [0.717, 1.165) is 24.8 Å². The summed E-state index contributed by atoms with van der Waals surface area (Å²) in [4.78, 5) is 11.7. The average Bonchev–Trinajstić information content (AvgIpc) is 2.81. The highest BCUT2D eigenvalue weighted by Gasteiger charge is 2.22. The van der Waals surface area contributed by atoms with Crippen LogP contribution < -0.4 is 0 Å². The molecule has 1 rings (SSSR count). The molecule has 3 heteroatoms. The maximum atomic E-state index is 11.7. The zero-order valence-electron chi connectivity index (χ0n) is 24.3. The number of aromatic carboxylic acids is 1. The third-order valence-electron chi connectivity index (χ3n) is 7.56. The van der Waals surface area contributed by atoms with Crippen LogP contribution in [0.15, 0.2) is 12.1 Å². The number of unbranched alkanes of at least 4 members (excludes halogenated alkanes) is 19. The lowest BCUT2D eigenvalue weighted by atomic mass is 9.83. The van der Waals surface area contributed by atoms with Gasteiger partial charge in [-0.2, -0.15) is 0 Å². The number of aromatic hydroxyl groups is 1. The van der Waals surface area contributed by atoms with Gasteiger partial charge < -0.3 is 10.2 Å². The van der Waals surface area contributed by atoms with Gasteiger partial charge in [0, 0.05) is 5.56 Å². The summed E-state index contributed by atoms with van der Waals surface area (Å²) in [5.41, 5.74) is 1.53. The van der Waals surface area contributed by atoms with Gasteiger partial charge in [-0.25, -0.2) is 4.79 Å². The maximum absolute atomic E-state index is 11.7. The highest BCUT2D eigenvalue weighted by atomic mass is 16.4. The number of aryl methyl sites for hydroxylation is 1. The molecule has 0 amide bonds. The van der Waals surface area contributed by atoms with Crippen LogP contribution in [0.4, 0.5) is 0 Å². The van der Waals surface area contributed by atoms with Crippen LogP contribution in [0, 0.1) is 0 Å². The van der Waals surface area contributed by atoms with Gasteiger partial charge in [0.15, 0.2) is 0 Å². The van der Waals surface area contributed by atoms with Crippen LogP contribution in [0.1, 0.15) is 178 Å². The van der Waals surface area contributed by atoms with E-state index < -0.39 is 5.97 Å². The van der Waals surface area contributed by atoms with Crippen molar-refractivity contribution in [3.8, 4) is 5.75 Å². The summed E-state index contributed by atoms with van der Waals surface area (Å²) >= 11 is 0. The van der Waals surface area contributed by atoms with Gasteiger partial charge in [0.1, 0.15) is 5.75 Å². The maximum Gasteiger partial charge on any atom is 0.335 e. The molecule has 0 saturated heterocycles. The molecule has 0 heterocycles. The van der Waals surface area contributed by atoms with Crippen LogP contribution in [0.2, 0.25) is 0 Å². The van der Waals surface area contributed by atoms with Gasteiger partial charge in [-0.05, 0) is 36.0 Å². The lowest BCUT2D eigenvalue weighted by molar-refractivity contribution is 0.0695. The third kappa shape index (κ3) is 14.9. The van der Waals surface area contributed by atoms with E-state index in [9.17, 15) is 15.0 Å². The molecule has 0 fully saturated rings. The van der Waals surface area contributed by atoms with Crippen molar-refractivity contribution in [1.29, 1.82) is 0 Å². The molecule has 1 aromatic carbocycles. The molecule has 0 atom stereocenters. The van der Waals surface area contributed by atoms with E-state index in [1.807, 2.05) is 20.8 Å². The highest BCUT2D eigenvalue weighted by molar-refractivity contribution is 5.90. The second kappa shape index (κ2) is 19.6. The van der Waals surface area contributed by atoms with Crippen molar-refractivity contribution in [1.82, 2.24) is 0 Å². The fraction of sp³-hybridized carbons (Fsp3) is 0.788. The molecule has 0 spiro atoms. The lowest BCUT2D eigenvalue weighted by Crippen LogP contribution is -2.14. The Labute approximate surface area is 223 Å². The first-order chi connectivity index (χ1) is 17.3. The van der Waals surface area contributed by atoms with E-state index in [2.05, 4.69) is 6.92 Å². The van der Waals surface area contributed by atoms with Crippen molar-refractivity contribution in [3.63, 3.8) is 0 Å². The van der Waals surface area contributed by atoms with Gasteiger partial charge in [0.05, 0.1) is 5.56 Å². The minimum atomic E-state index is -0.899. The molecule has 3 nitrogen and oxygen atoms in total. The van der Waals surface area contributed by atoms with Gasteiger partial charge in [0.25, 0.3) is 0 Å². The van der Waals surface area contributed by atoms with E-state index in [1.165, 1.54) is 116 Å². The van der Waals surface area contributed by atoms with Gasteiger partial charge in [-0.1, -0.05) is 150 Å². The van der Waals surface area contributed by atoms with Crippen molar-refractivity contribution >= 4 is 5.97 Å². The summed E-state index contributed by atoms with van der Waals surface area (Å²) in [6, 6.07) is 3.35. The molecule has 2 N–H and O–H groups in total. The second-order valence-corrected chi connectivity index (χ2v) is 12.0. The summed E-state index contributed by atoms with van der Waals surface area (Å²) in [5.74, 6) is -0.681. The van der Waals surface area contributed by atoms with Crippen molar-refractivity contribution in [3.05, 3.63) is 28.8 Å². The zero-order valence-corrected chi connectivity index (χ0v) is 24.3. The number of hydrogen-bond donors (Lipinski definition) is 2. The SMILES string of the molecule is CCCCCCCCCCCCCCCCCCCCCCc1cc(O)c(C(C)(C)C)cc1C(=O)O. The van der Waals surface area contributed by atoms with E-state index in [4.69, 9.17) is 0 Å². The molecular formula is C33H58O3. The van der Waals surface area contributed by atoms with Crippen molar-refractivity contribution in [2.45, 2.75) is 168 Å². The predicted molar refractivity (Wildman–Crippen MR) is 155 cm³/mol. The topological polar surface area (TPSA) is 57.5 Å². The highest BCUT2D eigenvalue weighted by Crippen LogP contribution is 2.33. The molecule has 36 heavy (non-hydrogen) atoms. The molecule has 0 aliphatic rings. The summed E-state index contributed by atoms with van der Waals surface area (Å²) in [7, 11) is 0. The quantitative estimate of drug-likeness (QED) is 0.155. The van der Waals surface area contributed by atoms with E-state index >= 15 is 0 Å². The summed E-state index contributed by atoms with van der Waals surface area (Å²) in [6.45, 7) is 8.26. The van der Waals surface area contributed by atoms with Crippen LogP contribution >= 0.6 is 0 Å². The third-order valence-corrected chi connectivity index (χ3v) is 7.56. The molecular weight excluding hydrogens is 444 g/mol. The molecule has 208 valence electrons. The fourth-order valence-electron chi connectivity index (χ4n) is 5.21. The van der Waals surface area contributed by atoms with E-state index in [-0.39, 0.29) is 11.2 Å². The number of rotatable bonds is 22. The Morgan fingerprint density at radius 2 is 1.00 bits per heavy atom. The van der Waals surface area contributed by atoms with Crippen molar-refractivity contribution < 1.29 is 15.0 Å². The fourth-order valence-corrected chi connectivity index (χ4v) is 5.21. The first-order valence-corrected chi connectivity index (χ1v) is 15.4. The van der Waals surface area contributed by atoms with Crippen molar-refractivity contribution in [2.24, 2.45) is 0 Å². The number of phenolic OH excluding ortho intramolecular Hbond substituents is 1. The Morgan fingerprint density at radius 1 is 0.639 bits per heavy atom. The summed E-state index contributed by atoms with van der Waals surface area (Å²) in [6.07, 6.45) is 27.9. The Bertz CT molecular complexity index is 702. The van der Waals surface area contributed by atoms with Crippen LogP contribution in [-0.2, 0) is 11.8 Å². The largest absolute Gasteiger partial charge is 0.508 e. The number of carbonyl (C=O) groups is 1. The normalized spacial score (nSPS) is 11.8. The van der Waals surface area contributed by atoms with Crippen LogP contribution in [-0.4, -0.2) is 16.2 Å². The van der Waals surface area contributed by atoms with Crippen LogP contribution in [0.3, 0.4) is 0 Å². The molecule has 0 radical (unpaired) electrons. The molecule has 0 aromatic heterocycles. The molecule has 0 aliphatic heterocycles.